The van der Waals surface area contributed by atoms with Crippen molar-refractivity contribution in [3.63, 3.8) is 0 Å². The van der Waals surface area contributed by atoms with E-state index in [0.717, 1.165) is 0 Å². The Kier molecular flexibility index (Phi) is 5.04. The predicted octanol–water partition coefficient (Wildman–Crippen LogP) is 0.501. The van der Waals surface area contributed by atoms with Crippen LogP contribution in [-0.4, -0.2) is 40.3 Å². The molecule has 0 saturated heterocycles. The van der Waals surface area contributed by atoms with E-state index in [-0.39, 0.29) is 24.1 Å². The first-order chi connectivity index (χ1) is 8.52. The second-order valence-corrected chi connectivity index (χ2v) is 3.86. The minimum Gasteiger partial charge on any atom is -0.481 e. The highest BCUT2D eigenvalue weighted by Crippen LogP contribution is 2.07. The molecule has 0 saturated carbocycles. The summed E-state index contributed by atoms with van der Waals surface area (Å²) >= 11 is 0. The number of carbonyl (C=O) groups is 2. The molecule has 1 rings (SSSR count). The lowest BCUT2D eigenvalue weighted by Gasteiger charge is -2.12. The van der Waals surface area contributed by atoms with Gasteiger partial charge in [0.1, 0.15) is 5.82 Å². The van der Waals surface area contributed by atoms with E-state index in [1.807, 2.05) is 6.92 Å². The monoisotopic (exact) mass is 252 g/mol. The molecular formula is C11H16N4O3. The Hall–Kier alpha value is -2.18. The predicted molar refractivity (Wildman–Crippen MR) is 65.4 cm³/mol. The van der Waals surface area contributed by atoms with Crippen LogP contribution >= 0.6 is 0 Å². The van der Waals surface area contributed by atoms with Crippen molar-refractivity contribution in [1.29, 1.82) is 0 Å². The van der Waals surface area contributed by atoms with Crippen molar-refractivity contribution in [2.75, 3.05) is 12.4 Å². The van der Waals surface area contributed by atoms with E-state index < -0.39 is 5.97 Å². The van der Waals surface area contributed by atoms with Crippen molar-refractivity contribution in [2.45, 2.75) is 25.8 Å². The molecule has 0 radical (unpaired) electrons. The fraction of sp³-hybridized carbons (Fsp3) is 0.455. The van der Waals surface area contributed by atoms with Crippen LogP contribution in [0.2, 0.25) is 0 Å². The first-order valence-electron chi connectivity index (χ1n) is 5.57. The summed E-state index contributed by atoms with van der Waals surface area (Å²) in [5.74, 6) is -0.613. The zero-order valence-electron chi connectivity index (χ0n) is 10.3. The number of hydrogen-bond acceptors (Lipinski definition) is 5. The fourth-order valence-corrected chi connectivity index (χ4v) is 1.32. The van der Waals surface area contributed by atoms with Crippen LogP contribution in [0.3, 0.4) is 0 Å². The Morgan fingerprint density at radius 1 is 1.39 bits per heavy atom. The summed E-state index contributed by atoms with van der Waals surface area (Å²) in [5.41, 5.74) is 0.237. The number of carbonyl (C=O) groups excluding carboxylic acids is 1. The molecule has 18 heavy (non-hydrogen) atoms. The van der Waals surface area contributed by atoms with Crippen LogP contribution in [0, 0.1) is 0 Å². The molecule has 98 valence electrons. The largest absolute Gasteiger partial charge is 0.481 e. The molecule has 0 aliphatic rings. The van der Waals surface area contributed by atoms with Crippen LogP contribution in [0.4, 0.5) is 5.82 Å². The van der Waals surface area contributed by atoms with E-state index in [1.54, 1.807) is 12.1 Å². The Balaban J connectivity index is 2.53. The summed E-state index contributed by atoms with van der Waals surface area (Å²) in [6.07, 6.45) is 0.589. The highest BCUT2D eigenvalue weighted by molar-refractivity contribution is 5.91. The first-order valence-corrected chi connectivity index (χ1v) is 5.57. The van der Waals surface area contributed by atoms with Gasteiger partial charge in [-0.1, -0.05) is 0 Å². The molecule has 1 aromatic heterocycles. The molecule has 0 aromatic carbocycles. The van der Waals surface area contributed by atoms with Gasteiger partial charge in [-0.15, -0.1) is 10.2 Å². The Labute approximate surface area is 105 Å². The summed E-state index contributed by atoms with van der Waals surface area (Å²) in [4.78, 5) is 21.6. The number of amides is 1. The molecule has 1 atom stereocenters. The van der Waals surface area contributed by atoms with E-state index in [9.17, 15) is 9.59 Å². The normalized spacial score (nSPS) is 11.7. The second-order valence-electron chi connectivity index (χ2n) is 3.86. The molecule has 1 heterocycles. The van der Waals surface area contributed by atoms with Crippen LogP contribution in [-0.2, 0) is 4.79 Å². The lowest BCUT2D eigenvalue weighted by Crippen LogP contribution is -2.21. The van der Waals surface area contributed by atoms with Crippen LogP contribution in [0.15, 0.2) is 12.1 Å². The van der Waals surface area contributed by atoms with Gasteiger partial charge < -0.3 is 15.7 Å². The van der Waals surface area contributed by atoms with E-state index in [0.29, 0.717) is 12.2 Å². The maximum atomic E-state index is 11.2. The highest BCUT2D eigenvalue weighted by atomic mass is 16.4. The molecule has 1 unspecified atom stereocenters. The molecule has 1 aromatic rings. The van der Waals surface area contributed by atoms with E-state index >= 15 is 0 Å². The summed E-state index contributed by atoms with van der Waals surface area (Å²) in [6.45, 7) is 1.86. The Morgan fingerprint density at radius 3 is 2.61 bits per heavy atom. The SMILES string of the molecule is CNC(=O)c1ccc(NC(C)CCC(=O)O)nn1. The van der Waals surface area contributed by atoms with Gasteiger partial charge in [-0.2, -0.15) is 0 Å². The molecular weight excluding hydrogens is 236 g/mol. The standard InChI is InChI=1S/C11H16N4O3/c1-7(3-6-10(16)17)13-9-5-4-8(14-15-9)11(18)12-2/h4-5,7H,3,6H2,1-2H3,(H,12,18)(H,13,15)(H,16,17). The molecule has 0 spiro atoms. The molecule has 3 N–H and O–H groups in total. The Bertz CT molecular complexity index is 419. The lowest BCUT2D eigenvalue weighted by atomic mass is 10.2. The van der Waals surface area contributed by atoms with E-state index in [2.05, 4.69) is 20.8 Å². The number of nitrogens with zero attached hydrogens (tertiary/aromatic N) is 2. The third-order valence-corrected chi connectivity index (χ3v) is 2.31. The van der Waals surface area contributed by atoms with Gasteiger partial charge in [0.2, 0.25) is 0 Å². The zero-order chi connectivity index (χ0) is 13.5. The van der Waals surface area contributed by atoms with E-state index in [1.165, 1.54) is 7.05 Å². The fourth-order valence-electron chi connectivity index (χ4n) is 1.32. The van der Waals surface area contributed by atoms with Gasteiger partial charge in [-0.05, 0) is 25.5 Å². The average molecular weight is 252 g/mol. The van der Waals surface area contributed by atoms with Crippen molar-refractivity contribution in [1.82, 2.24) is 15.5 Å². The van der Waals surface area contributed by atoms with Gasteiger partial charge in [-0.3, -0.25) is 9.59 Å². The van der Waals surface area contributed by atoms with E-state index in [4.69, 9.17) is 5.11 Å². The Morgan fingerprint density at radius 2 is 2.11 bits per heavy atom. The molecule has 0 bridgehead atoms. The third kappa shape index (κ3) is 4.36. The van der Waals surface area contributed by atoms with Crippen LogP contribution in [0.25, 0.3) is 0 Å². The van der Waals surface area contributed by atoms with Gasteiger partial charge in [0.25, 0.3) is 5.91 Å². The van der Waals surface area contributed by atoms with Crippen molar-refractivity contribution in [2.24, 2.45) is 0 Å². The molecule has 1 amide bonds. The first kappa shape index (κ1) is 13.9. The van der Waals surface area contributed by atoms with Crippen molar-refractivity contribution in [3.05, 3.63) is 17.8 Å². The van der Waals surface area contributed by atoms with Crippen LogP contribution < -0.4 is 10.6 Å². The summed E-state index contributed by atoms with van der Waals surface area (Å²) in [5, 5.41) is 21.6. The molecule has 0 aliphatic carbocycles. The van der Waals surface area contributed by atoms with Gasteiger partial charge in [0.15, 0.2) is 5.69 Å². The van der Waals surface area contributed by atoms with Crippen molar-refractivity contribution in [3.8, 4) is 0 Å². The number of aliphatic carboxylic acids is 1. The summed E-state index contributed by atoms with van der Waals surface area (Å²) in [7, 11) is 1.52. The minimum absolute atomic E-state index is 0.0266. The topological polar surface area (TPSA) is 104 Å². The average Bonchev–Trinajstić information content (AvgIpc) is 2.36. The van der Waals surface area contributed by atoms with Crippen LogP contribution in [0.5, 0.6) is 0 Å². The number of anilines is 1. The maximum absolute atomic E-state index is 11.2. The lowest BCUT2D eigenvalue weighted by molar-refractivity contribution is -0.137. The summed E-state index contributed by atoms with van der Waals surface area (Å²) in [6, 6.07) is 3.16. The second kappa shape index (κ2) is 6.53. The van der Waals surface area contributed by atoms with Gasteiger partial charge >= 0.3 is 5.97 Å². The molecule has 7 nitrogen and oxygen atoms in total. The molecule has 0 aliphatic heterocycles. The maximum Gasteiger partial charge on any atom is 0.303 e. The third-order valence-electron chi connectivity index (χ3n) is 2.31. The number of hydrogen-bond donors (Lipinski definition) is 3. The smallest absolute Gasteiger partial charge is 0.303 e. The number of carboxylic acid groups (broad SMARTS) is 1. The molecule has 7 heteroatoms. The highest BCUT2D eigenvalue weighted by Gasteiger charge is 2.08. The zero-order valence-corrected chi connectivity index (χ0v) is 10.3. The summed E-state index contributed by atoms with van der Waals surface area (Å²) < 4.78 is 0. The number of aromatic nitrogens is 2. The van der Waals surface area contributed by atoms with Gasteiger partial charge in [0.05, 0.1) is 0 Å². The minimum atomic E-state index is -0.829. The van der Waals surface area contributed by atoms with Crippen LogP contribution in [0.1, 0.15) is 30.3 Å². The quantitative estimate of drug-likeness (QED) is 0.681. The number of carboxylic acids is 1. The number of nitrogens with one attached hydrogen (secondary N) is 2. The number of rotatable bonds is 6. The molecule has 0 fully saturated rings. The van der Waals surface area contributed by atoms with Gasteiger partial charge in [0, 0.05) is 19.5 Å². The van der Waals surface area contributed by atoms with Crippen molar-refractivity contribution >= 4 is 17.7 Å². The van der Waals surface area contributed by atoms with Crippen molar-refractivity contribution < 1.29 is 14.7 Å². The van der Waals surface area contributed by atoms with Gasteiger partial charge in [-0.25, -0.2) is 0 Å².